The van der Waals surface area contributed by atoms with Crippen LogP contribution in [0.3, 0.4) is 0 Å². The zero-order valence-electron chi connectivity index (χ0n) is 23.6. The normalized spacial score (nSPS) is 14.3. The van der Waals surface area contributed by atoms with Gasteiger partial charge in [0.25, 0.3) is 11.5 Å². The number of hydrogen-bond acceptors (Lipinski definition) is 7. The summed E-state index contributed by atoms with van der Waals surface area (Å²) in [5.74, 6) is 6.96. The van der Waals surface area contributed by atoms with Crippen molar-refractivity contribution in [2.24, 2.45) is 14.1 Å². The van der Waals surface area contributed by atoms with E-state index in [2.05, 4.69) is 39.3 Å². The van der Waals surface area contributed by atoms with Crippen LogP contribution in [0, 0.1) is 11.8 Å². The molecule has 212 valence electrons. The van der Waals surface area contributed by atoms with Crippen molar-refractivity contribution < 1.29 is 4.79 Å². The lowest BCUT2D eigenvalue weighted by molar-refractivity contribution is 0.0938. The van der Waals surface area contributed by atoms with E-state index in [0.29, 0.717) is 34.7 Å². The van der Waals surface area contributed by atoms with Crippen molar-refractivity contribution in [2.45, 2.75) is 51.1 Å². The molecule has 3 aromatic heterocycles. The fourth-order valence-corrected chi connectivity index (χ4v) is 5.46. The van der Waals surface area contributed by atoms with Crippen molar-refractivity contribution in [3.63, 3.8) is 0 Å². The van der Waals surface area contributed by atoms with Crippen LogP contribution in [0.5, 0.6) is 0 Å². The van der Waals surface area contributed by atoms with Crippen LogP contribution in [0.15, 0.2) is 48.0 Å². The Bertz CT molecular complexity index is 1730. The number of nitrogen functional groups attached to an aromatic ring is 1. The van der Waals surface area contributed by atoms with Crippen LogP contribution in [0.25, 0.3) is 10.9 Å². The number of nitrogens with two attached hydrogens (primary N) is 1. The summed E-state index contributed by atoms with van der Waals surface area (Å²) in [6.45, 7) is 5.99. The van der Waals surface area contributed by atoms with Gasteiger partial charge in [0.05, 0.1) is 28.7 Å². The minimum atomic E-state index is -0.585. The second-order valence-electron chi connectivity index (χ2n) is 10.4. The molecular formula is C30H35N9O2. The molecule has 3 heterocycles. The van der Waals surface area contributed by atoms with Crippen LogP contribution in [-0.2, 0) is 14.1 Å². The van der Waals surface area contributed by atoms with Gasteiger partial charge in [-0.3, -0.25) is 23.5 Å². The summed E-state index contributed by atoms with van der Waals surface area (Å²) in [6.07, 6.45) is 10.1. The Morgan fingerprint density at radius 3 is 2.73 bits per heavy atom. The SMILES string of the molecule is C=CCNc1c(C(=O)NC(C)c2nc3cccc(C#Cc4cnn(C)c4)c3c(=O)n2C2CCCCC2)c(N)nn1C. The number of fused-ring (bicyclic) bond motifs is 1. The van der Waals surface area contributed by atoms with Gasteiger partial charge in [-0.1, -0.05) is 43.2 Å². The Balaban J connectivity index is 1.58. The molecule has 0 saturated heterocycles. The zero-order valence-corrected chi connectivity index (χ0v) is 23.6. The molecule has 4 aromatic rings. The van der Waals surface area contributed by atoms with Crippen molar-refractivity contribution in [2.75, 3.05) is 17.6 Å². The first-order valence-corrected chi connectivity index (χ1v) is 13.8. The molecule has 11 nitrogen and oxygen atoms in total. The van der Waals surface area contributed by atoms with Crippen molar-refractivity contribution >= 4 is 28.4 Å². The van der Waals surface area contributed by atoms with Gasteiger partial charge in [-0.05, 0) is 31.9 Å². The quantitative estimate of drug-likeness (QED) is 0.235. The summed E-state index contributed by atoms with van der Waals surface area (Å²) >= 11 is 0. The van der Waals surface area contributed by atoms with E-state index in [1.807, 2.05) is 38.4 Å². The van der Waals surface area contributed by atoms with Gasteiger partial charge in [0.15, 0.2) is 5.82 Å². The first-order chi connectivity index (χ1) is 19.8. The van der Waals surface area contributed by atoms with Crippen LogP contribution >= 0.6 is 0 Å². The number of nitrogens with one attached hydrogen (secondary N) is 2. The summed E-state index contributed by atoms with van der Waals surface area (Å²) in [5.41, 5.74) is 8.10. The maximum absolute atomic E-state index is 14.2. The molecule has 11 heteroatoms. The van der Waals surface area contributed by atoms with Crippen LogP contribution in [0.2, 0.25) is 0 Å². The van der Waals surface area contributed by atoms with Crippen LogP contribution in [0.4, 0.5) is 11.6 Å². The molecule has 1 aromatic carbocycles. The molecule has 0 spiro atoms. The van der Waals surface area contributed by atoms with E-state index in [0.717, 1.165) is 37.7 Å². The highest BCUT2D eigenvalue weighted by atomic mass is 16.2. The number of carbonyl (C=O) groups excluding carboxylic acids is 1. The predicted molar refractivity (Wildman–Crippen MR) is 160 cm³/mol. The second kappa shape index (κ2) is 11.7. The zero-order chi connectivity index (χ0) is 29.1. The molecular weight excluding hydrogens is 518 g/mol. The third kappa shape index (κ3) is 5.59. The summed E-state index contributed by atoms with van der Waals surface area (Å²) < 4.78 is 4.99. The highest BCUT2D eigenvalue weighted by Crippen LogP contribution is 2.31. The number of nitrogens with zero attached hydrogens (tertiary/aromatic N) is 6. The van der Waals surface area contributed by atoms with Gasteiger partial charge in [0.1, 0.15) is 17.2 Å². The highest BCUT2D eigenvalue weighted by Gasteiger charge is 2.28. The fourth-order valence-electron chi connectivity index (χ4n) is 5.46. The van der Waals surface area contributed by atoms with Crippen molar-refractivity contribution in [1.29, 1.82) is 0 Å². The largest absolute Gasteiger partial charge is 0.381 e. The van der Waals surface area contributed by atoms with Crippen LogP contribution in [-0.4, -0.2) is 41.6 Å². The summed E-state index contributed by atoms with van der Waals surface area (Å²) in [6, 6.07) is 4.89. The van der Waals surface area contributed by atoms with Gasteiger partial charge in [0, 0.05) is 38.4 Å². The van der Waals surface area contributed by atoms with Gasteiger partial charge < -0.3 is 16.4 Å². The monoisotopic (exact) mass is 553 g/mol. The maximum Gasteiger partial charge on any atom is 0.262 e. The maximum atomic E-state index is 14.2. The van der Waals surface area contributed by atoms with E-state index < -0.39 is 11.9 Å². The lowest BCUT2D eigenvalue weighted by atomic mass is 9.94. The van der Waals surface area contributed by atoms with Gasteiger partial charge in [0.2, 0.25) is 0 Å². The third-order valence-corrected chi connectivity index (χ3v) is 7.39. The topological polar surface area (TPSA) is 138 Å². The standard InChI is InChI=1S/C30H35N9O2/c1-5-16-32-28-25(26(31)36-38(28)4)29(40)34-19(2)27-35-23-13-9-10-21(15-14-20-17-33-37(3)18-20)24(23)30(41)39(27)22-11-7-6-8-12-22/h5,9-10,13,17-19,22,32H,1,6-8,11-12,16H2,2-4H3,(H2,31,36)(H,34,40). The number of benzene rings is 1. The molecule has 1 saturated carbocycles. The Morgan fingerprint density at radius 1 is 1.24 bits per heavy atom. The van der Waals surface area contributed by atoms with Gasteiger partial charge in [-0.25, -0.2) is 4.98 Å². The fraction of sp³-hybridized carbons (Fsp3) is 0.367. The van der Waals surface area contributed by atoms with E-state index >= 15 is 0 Å². The Kier molecular flexibility index (Phi) is 7.92. The van der Waals surface area contributed by atoms with Crippen molar-refractivity contribution in [1.82, 2.24) is 34.4 Å². The minimum Gasteiger partial charge on any atom is -0.381 e. The summed E-state index contributed by atoms with van der Waals surface area (Å²) in [7, 11) is 3.54. The molecule has 1 atom stereocenters. The third-order valence-electron chi connectivity index (χ3n) is 7.39. The van der Waals surface area contributed by atoms with Gasteiger partial charge in [-0.2, -0.15) is 10.2 Å². The molecule has 1 unspecified atom stereocenters. The van der Waals surface area contributed by atoms with E-state index in [4.69, 9.17) is 10.7 Å². The van der Waals surface area contributed by atoms with Crippen LogP contribution in [0.1, 0.15) is 78.4 Å². The Labute approximate surface area is 238 Å². The first kappa shape index (κ1) is 27.7. The summed E-state index contributed by atoms with van der Waals surface area (Å²) in [5, 5.41) is 15.0. The van der Waals surface area contributed by atoms with Gasteiger partial charge >= 0.3 is 0 Å². The molecule has 0 radical (unpaired) electrons. The minimum absolute atomic E-state index is 0.0184. The molecule has 1 amide bonds. The smallest absolute Gasteiger partial charge is 0.262 e. The average Bonchev–Trinajstić information content (AvgIpc) is 3.51. The van der Waals surface area contributed by atoms with E-state index in [9.17, 15) is 9.59 Å². The molecule has 0 bridgehead atoms. The average molecular weight is 554 g/mol. The number of rotatable bonds is 7. The highest BCUT2D eigenvalue weighted by molar-refractivity contribution is 6.03. The predicted octanol–water partition coefficient (Wildman–Crippen LogP) is 3.44. The van der Waals surface area contributed by atoms with Crippen molar-refractivity contribution in [3.05, 3.63) is 76.1 Å². The number of hydrogen-bond donors (Lipinski definition) is 3. The first-order valence-electron chi connectivity index (χ1n) is 13.8. The molecule has 0 aliphatic heterocycles. The number of carbonyl (C=O) groups is 1. The van der Waals surface area contributed by atoms with E-state index in [1.54, 1.807) is 28.6 Å². The lowest BCUT2D eigenvalue weighted by Crippen LogP contribution is -2.36. The molecule has 1 fully saturated rings. The van der Waals surface area contributed by atoms with E-state index in [1.165, 1.54) is 4.68 Å². The van der Waals surface area contributed by atoms with Crippen molar-refractivity contribution in [3.8, 4) is 11.8 Å². The molecule has 41 heavy (non-hydrogen) atoms. The van der Waals surface area contributed by atoms with Crippen LogP contribution < -0.4 is 21.9 Å². The second-order valence-corrected chi connectivity index (χ2v) is 10.4. The Hall–Kier alpha value is -4.85. The molecule has 5 rings (SSSR count). The van der Waals surface area contributed by atoms with E-state index in [-0.39, 0.29) is 23.0 Å². The lowest BCUT2D eigenvalue weighted by Gasteiger charge is -2.28. The molecule has 4 N–H and O–H groups in total. The number of anilines is 2. The molecule has 1 aliphatic carbocycles. The summed E-state index contributed by atoms with van der Waals surface area (Å²) in [4.78, 5) is 32.7. The number of aromatic nitrogens is 6. The molecule has 1 aliphatic rings. The number of aryl methyl sites for hydroxylation is 2. The number of amides is 1. The van der Waals surface area contributed by atoms with Gasteiger partial charge in [-0.15, -0.1) is 6.58 Å². The Morgan fingerprint density at radius 2 is 2.02 bits per heavy atom.